The van der Waals surface area contributed by atoms with Crippen molar-refractivity contribution in [1.82, 2.24) is 5.48 Å². The van der Waals surface area contributed by atoms with Crippen molar-refractivity contribution in [3.8, 4) is 0 Å². The average Bonchev–Trinajstić information content (AvgIpc) is 2.68. The Morgan fingerprint density at radius 3 is 2.61 bits per heavy atom. The van der Waals surface area contributed by atoms with Gasteiger partial charge in [0.15, 0.2) is 0 Å². The van der Waals surface area contributed by atoms with Crippen LogP contribution in [0.25, 0.3) is 0 Å². The number of aliphatic imine (C=N–C) groups is 1. The summed E-state index contributed by atoms with van der Waals surface area (Å²) in [6, 6.07) is 12.5. The summed E-state index contributed by atoms with van der Waals surface area (Å²) in [4.78, 5) is 14.4. The van der Waals surface area contributed by atoms with E-state index in [4.69, 9.17) is 9.68 Å². The molecule has 2 aromatic carbocycles. The number of hydrogen-bond acceptors (Lipinski definition) is 4. The number of nitrogens with zero attached hydrogens (tertiary/aromatic N) is 2. The third-order valence-electron chi connectivity index (χ3n) is 4.00. The number of benzene rings is 2. The number of halogens is 3. The molecule has 1 unspecified atom stereocenters. The maximum absolute atomic E-state index is 12.8. The first-order valence-electron chi connectivity index (χ1n) is 8.54. The first-order chi connectivity index (χ1) is 13.3. The second kappa shape index (κ2) is 9.89. The van der Waals surface area contributed by atoms with Gasteiger partial charge in [-0.25, -0.2) is 0 Å². The molecule has 28 heavy (non-hydrogen) atoms. The minimum atomic E-state index is -4.40. The van der Waals surface area contributed by atoms with Gasteiger partial charge in [-0.2, -0.15) is 13.2 Å². The predicted molar refractivity (Wildman–Crippen MR) is 102 cm³/mol. The molecule has 0 aliphatic heterocycles. The van der Waals surface area contributed by atoms with Gasteiger partial charge in [0.05, 0.1) is 18.9 Å². The Balaban J connectivity index is 2.09. The van der Waals surface area contributed by atoms with Gasteiger partial charge in [0.1, 0.15) is 11.9 Å². The van der Waals surface area contributed by atoms with Gasteiger partial charge in [-0.1, -0.05) is 41.6 Å². The largest absolute Gasteiger partial charge is 0.416 e. The van der Waals surface area contributed by atoms with Crippen LogP contribution in [0, 0.1) is 0 Å². The van der Waals surface area contributed by atoms with Crippen LogP contribution in [0.1, 0.15) is 35.3 Å². The maximum Gasteiger partial charge on any atom is 0.416 e. The van der Waals surface area contributed by atoms with Crippen molar-refractivity contribution in [3.05, 3.63) is 70.8 Å². The van der Waals surface area contributed by atoms with Gasteiger partial charge < -0.3 is 4.84 Å². The van der Waals surface area contributed by atoms with Crippen LogP contribution in [0.3, 0.4) is 0 Å². The number of hydrogen-bond donors (Lipinski definition) is 1. The van der Waals surface area contributed by atoms with E-state index < -0.39 is 17.8 Å². The first kappa shape index (κ1) is 21.4. The van der Waals surface area contributed by atoms with E-state index in [-0.39, 0.29) is 0 Å². The lowest BCUT2D eigenvalue weighted by molar-refractivity contribution is -0.137. The summed E-state index contributed by atoms with van der Waals surface area (Å²) in [5, 5.41) is 3.95. The summed E-state index contributed by atoms with van der Waals surface area (Å²) in [5.41, 5.74) is 4.12. The molecule has 1 N–H and O–H groups in total. The van der Waals surface area contributed by atoms with Crippen molar-refractivity contribution in [2.45, 2.75) is 25.6 Å². The van der Waals surface area contributed by atoms with Crippen LogP contribution in [-0.2, 0) is 22.3 Å². The summed E-state index contributed by atoms with van der Waals surface area (Å²) in [6.07, 6.45) is -3.00. The fourth-order valence-corrected chi connectivity index (χ4v) is 2.49. The van der Waals surface area contributed by atoms with Gasteiger partial charge >= 0.3 is 6.18 Å². The van der Waals surface area contributed by atoms with E-state index in [1.54, 1.807) is 20.0 Å². The molecule has 150 valence electrons. The molecule has 2 rings (SSSR count). The maximum atomic E-state index is 12.8. The molecule has 0 amide bonds. The molecule has 1 atom stereocenters. The van der Waals surface area contributed by atoms with E-state index in [1.807, 2.05) is 24.3 Å². The van der Waals surface area contributed by atoms with E-state index in [1.165, 1.54) is 19.4 Å². The molecule has 0 aromatic heterocycles. The fraction of sp³-hybridized carbons (Fsp3) is 0.300. The van der Waals surface area contributed by atoms with Gasteiger partial charge in [-0.05, 0) is 35.7 Å². The molecule has 0 radical (unpaired) electrons. The van der Waals surface area contributed by atoms with Gasteiger partial charge in [-0.3, -0.25) is 15.3 Å². The molecule has 0 fully saturated rings. The molecular weight excluding hydrogens is 371 g/mol. The van der Waals surface area contributed by atoms with Crippen molar-refractivity contribution < 1.29 is 22.8 Å². The van der Waals surface area contributed by atoms with Crippen LogP contribution in [0.15, 0.2) is 58.7 Å². The number of rotatable bonds is 7. The van der Waals surface area contributed by atoms with Crippen LogP contribution in [0.2, 0.25) is 0 Å². The Morgan fingerprint density at radius 1 is 1.18 bits per heavy atom. The smallest absolute Gasteiger partial charge is 0.388 e. The number of nitrogens with one attached hydrogen (secondary N) is 1. The SMILES string of the molecule is CN=C(Cc1ccccc1C=NOC(C)c1cccc(C(F)(F)F)c1)NOC. The Bertz CT molecular complexity index is 835. The van der Waals surface area contributed by atoms with Crippen molar-refractivity contribution in [2.24, 2.45) is 10.1 Å². The summed E-state index contributed by atoms with van der Waals surface area (Å²) >= 11 is 0. The number of hydroxylamine groups is 1. The molecule has 2 aromatic rings. The molecule has 0 heterocycles. The topological polar surface area (TPSA) is 55.2 Å². The lowest BCUT2D eigenvalue weighted by Crippen LogP contribution is -2.24. The third-order valence-corrected chi connectivity index (χ3v) is 4.00. The Kier molecular flexibility index (Phi) is 7.57. The summed E-state index contributed by atoms with van der Waals surface area (Å²) < 4.78 is 38.5. The highest BCUT2D eigenvalue weighted by Gasteiger charge is 2.30. The van der Waals surface area contributed by atoms with Gasteiger partial charge in [0.2, 0.25) is 0 Å². The molecule has 0 saturated carbocycles. The standard InChI is InChI=1S/C20H22F3N3O2/c1-14(15-9-6-10-18(11-15)20(21,22)23)28-25-13-17-8-5-4-7-16(17)12-19(24-2)26-27-3/h4-11,13-14H,12H2,1-3H3,(H,24,26). The minimum Gasteiger partial charge on any atom is -0.388 e. The lowest BCUT2D eigenvalue weighted by Gasteiger charge is -2.13. The van der Waals surface area contributed by atoms with Crippen molar-refractivity contribution in [1.29, 1.82) is 0 Å². The molecule has 0 aliphatic rings. The van der Waals surface area contributed by atoms with Crippen LogP contribution >= 0.6 is 0 Å². The van der Waals surface area contributed by atoms with Crippen molar-refractivity contribution in [3.63, 3.8) is 0 Å². The van der Waals surface area contributed by atoms with E-state index in [2.05, 4.69) is 15.6 Å². The predicted octanol–water partition coefficient (Wildman–Crippen LogP) is 4.54. The minimum absolute atomic E-state index is 0.393. The van der Waals surface area contributed by atoms with Crippen molar-refractivity contribution >= 4 is 12.1 Å². The second-order valence-corrected chi connectivity index (χ2v) is 5.96. The number of oxime groups is 1. The number of alkyl halides is 3. The average molecular weight is 393 g/mol. The molecule has 8 heteroatoms. The Morgan fingerprint density at radius 2 is 1.93 bits per heavy atom. The second-order valence-electron chi connectivity index (χ2n) is 5.96. The van der Waals surface area contributed by atoms with E-state index in [9.17, 15) is 13.2 Å². The van der Waals surface area contributed by atoms with Crippen LogP contribution in [0.5, 0.6) is 0 Å². The van der Waals surface area contributed by atoms with Gasteiger partial charge in [0, 0.05) is 13.5 Å². The quantitative estimate of drug-likeness (QED) is 0.427. The number of amidine groups is 1. The highest BCUT2D eigenvalue weighted by molar-refractivity contribution is 5.88. The van der Waals surface area contributed by atoms with E-state index in [0.717, 1.165) is 23.3 Å². The van der Waals surface area contributed by atoms with Crippen LogP contribution in [-0.4, -0.2) is 26.2 Å². The zero-order chi connectivity index (χ0) is 20.6. The van der Waals surface area contributed by atoms with Crippen molar-refractivity contribution in [2.75, 3.05) is 14.2 Å². The highest BCUT2D eigenvalue weighted by Crippen LogP contribution is 2.31. The fourth-order valence-electron chi connectivity index (χ4n) is 2.49. The normalized spacial score (nSPS) is 13.6. The van der Waals surface area contributed by atoms with Gasteiger partial charge in [0.25, 0.3) is 0 Å². The van der Waals surface area contributed by atoms with Crippen LogP contribution in [0.4, 0.5) is 13.2 Å². The van der Waals surface area contributed by atoms with Gasteiger partial charge in [-0.15, -0.1) is 0 Å². The Labute approximate surface area is 161 Å². The van der Waals surface area contributed by atoms with E-state index >= 15 is 0 Å². The Hall–Kier alpha value is -2.87. The first-order valence-corrected chi connectivity index (χ1v) is 8.54. The van der Waals surface area contributed by atoms with Crippen LogP contribution < -0.4 is 5.48 Å². The molecule has 0 aliphatic carbocycles. The summed E-state index contributed by atoms with van der Waals surface area (Å²) in [7, 11) is 3.15. The highest BCUT2D eigenvalue weighted by atomic mass is 19.4. The zero-order valence-corrected chi connectivity index (χ0v) is 15.8. The zero-order valence-electron chi connectivity index (χ0n) is 15.8. The molecule has 0 saturated heterocycles. The third kappa shape index (κ3) is 6.09. The molecule has 0 spiro atoms. The summed E-state index contributed by atoms with van der Waals surface area (Å²) in [5.74, 6) is 0.640. The molecule has 0 bridgehead atoms. The monoisotopic (exact) mass is 393 g/mol. The lowest BCUT2D eigenvalue weighted by atomic mass is 10.1. The molecular formula is C20H22F3N3O2. The molecule has 5 nitrogen and oxygen atoms in total. The summed E-state index contributed by atoms with van der Waals surface area (Å²) in [6.45, 7) is 1.64. The van der Waals surface area contributed by atoms with E-state index in [0.29, 0.717) is 17.8 Å².